The van der Waals surface area contributed by atoms with Gasteiger partial charge in [0, 0.05) is 5.69 Å². The molecule has 0 radical (unpaired) electrons. The number of carbonyl (C=O) groups excluding carboxylic acids is 1. The normalized spacial score (nSPS) is 15.6. The Morgan fingerprint density at radius 1 is 1.14 bits per heavy atom. The van der Waals surface area contributed by atoms with Crippen molar-refractivity contribution in [3.63, 3.8) is 0 Å². The largest absolute Gasteiger partial charge is 0.462 e. The summed E-state index contributed by atoms with van der Waals surface area (Å²) in [6, 6.07) is 14.0. The summed E-state index contributed by atoms with van der Waals surface area (Å²) < 4.78 is 5.21. The zero-order chi connectivity index (χ0) is 15.5. The molecule has 0 spiro atoms. The van der Waals surface area contributed by atoms with Gasteiger partial charge in [0.1, 0.15) is 0 Å². The van der Waals surface area contributed by atoms with E-state index in [1.165, 1.54) is 5.56 Å². The summed E-state index contributed by atoms with van der Waals surface area (Å²) in [4.78, 5) is 12.3. The zero-order valence-corrected chi connectivity index (χ0v) is 12.6. The number of carbonyl (C=O) groups is 1. The highest BCUT2D eigenvalue weighted by Crippen LogP contribution is 2.36. The quantitative estimate of drug-likeness (QED) is 0.676. The number of hydrogen-bond acceptors (Lipinski definition) is 3. The van der Waals surface area contributed by atoms with Gasteiger partial charge < -0.3 is 10.5 Å². The molecule has 1 aliphatic rings. The number of allylic oxidation sites excluding steroid dienone is 1. The summed E-state index contributed by atoms with van der Waals surface area (Å²) in [5.41, 5.74) is 11.5. The topological polar surface area (TPSA) is 52.3 Å². The zero-order valence-electron chi connectivity index (χ0n) is 12.6. The molecule has 2 aromatic rings. The van der Waals surface area contributed by atoms with Crippen molar-refractivity contribution in [2.75, 3.05) is 12.3 Å². The second kappa shape index (κ2) is 6.06. The van der Waals surface area contributed by atoms with E-state index in [9.17, 15) is 4.79 Å². The maximum absolute atomic E-state index is 12.3. The number of anilines is 1. The van der Waals surface area contributed by atoms with Crippen molar-refractivity contribution in [3.05, 3.63) is 59.7 Å². The molecule has 0 saturated heterocycles. The monoisotopic (exact) mass is 293 g/mol. The lowest BCUT2D eigenvalue weighted by atomic mass is 9.87. The van der Waals surface area contributed by atoms with Crippen LogP contribution in [-0.2, 0) is 16.0 Å². The van der Waals surface area contributed by atoms with E-state index in [2.05, 4.69) is 12.1 Å². The van der Waals surface area contributed by atoms with E-state index < -0.39 is 0 Å². The molecule has 0 unspecified atom stereocenters. The average molecular weight is 293 g/mol. The maximum Gasteiger partial charge on any atom is 0.338 e. The highest BCUT2D eigenvalue weighted by Gasteiger charge is 2.20. The lowest BCUT2D eigenvalue weighted by Gasteiger charge is -2.18. The van der Waals surface area contributed by atoms with Gasteiger partial charge in [0.25, 0.3) is 0 Å². The molecule has 0 bridgehead atoms. The summed E-state index contributed by atoms with van der Waals surface area (Å²) in [6.07, 6.45) is 3.68. The minimum atomic E-state index is -0.284. The van der Waals surface area contributed by atoms with Crippen LogP contribution in [0.1, 0.15) is 24.5 Å². The number of nitrogen functional groups attached to an aromatic ring is 1. The van der Waals surface area contributed by atoms with Crippen molar-refractivity contribution in [2.45, 2.75) is 19.8 Å². The Morgan fingerprint density at radius 3 is 2.77 bits per heavy atom. The smallest absolute Gasteiger partial charge is 0.338 e. The minimum Gasteiger partial charge on any atom is -0.462 e. The molecule has 3 rings (SSSR count). The Bertz CT molecular complexity index is 747. The van der Waals surface area contributed by atoms with Crippen LogP contribution < -0.4 is 5.73 Å². The fraction of sp³-hybridized carbons (Fsp3) is 0.211. The molecule has 2 N–H and O–H groups in total. The lowest BCUT2D eigenvalue weighted by Crippen LogP contribution is -2.10. The Balaban J connectivity index is 2.21. The molecule has 1 aliphatic carbocycles. The van der Waals surface area contributed by atoms with Gasteiger partial charge in [0.05, 0.1) is 12.2 Å². The van der Waals surface area contributed by atoms with Crippen molar-refractivity contribution >= 4 is 17.2 Å². The van der Waals surface area contributed by atoms with Gasteiger partial charge in [-0.2, -0.15) is 0 Å². The third-order valence-corrected chi connectivity index (χ3v) is 3.90. The van der Waals surface area contributed by atoms with Gasteiger partial charge in [-0.25, -0.2) is 4.79 Å². The molecular formula is C19H19NO2. The van der Waals surface area contributed by atoms with Crippen LogP contribution in [0, 0.1) is 0 Å². The van der Waals surface area contributed by atoms with Crippen LogP contribution in [0.3, 0.4) is 0 Å². The van der Waals surface area contributed by atoms with E-state index in [1.807, 2.05) is 43.3 Å². The summed E-state index contributed by atoms with van der Waals surface area (Å²) in [7, 11) is 0. The highest BCUT2D eigenvalue weighted by molar-refractivity contribution is 6.18. The molecule has 3 nitrogen and oxygen atoms in total. The number of aryl methyl sites for hydroxylation is 1. The molecule has 0 amide bonds. The van der Waals surface area contributed by atoms with Crippen molar-refractivity contribution in [1.29, 1.82) is 0 Å². The van der Waals surface area contributed by atoms with Crippen molar-refractivity contribution < 1.29 is 9.53 Å². The number of ether oxygens (including phenoxy) is 1. The van der Waals surface area contributed by atoms with E-state index in [0.717, 1.165) is 29.5 Å². The Hall–Kier alpha value is -2.55. The summed E-state index contributed by atoms with van der Waals surface area (Å²) in [5, 5.41) is 0. The third kappa shape index (κ3) is 2.62. The van der Waals surface area contributed by atoms with Crippen LogP contribution in [0.5, 0.6) is 0 Å². The van der Waals surface area contributed by atoms with Crippen LogP contribution in [0.2, 0.25) is 0 Å². The molecular weight excluding hydrogens is 274 g/mol. The molecule has 22 heavy (non-hydrogen) atoms. The third-order valence-electron chi connectivity index (χ3n) is 3.90. The first-order chi connectivity index (χ1) is 10.7. The number of nitrogens with two attached hydrogens (primary N) is 1. The Morgan fingerprint density at radius 2 is 1.95 bits per heavy atom. The van der Waals surface area contributed by atoms with Gasteiger partial charge in [0.15, 0.2) is 0 Å². The van der Waals surface area contributed by atoms with Crippen molar-refractivity contribution in [1.82, 2.24) is 0 Å². The standard InChI is InChI=1S/C19H19NO2/c1-2-22-19(21)17-9-5-7-13-6-3-4-8-15(13)16-11-10-14(20)12-18(16)17/h3-4,6,8-12H,2,5,7,20H2,1H3/b17-9+. The molecule has 3 heteroatoms. The van der Waals surface area contributed by atoms with Gasteiger partial charge in [-0.3, -0.25) is 0 Å². The van der Waals surface area contributed by atoms with Crippen LogP contribution in [0.15, 0.2) is 48.5 Å². The Kier molecular flexibility index (Phi) is 3.96. The molecule has 0 heterocycles. The van der Waals surface area contributed by atoms with Crippen LogP contribution in [-0.4, -0.2) is 12.6 Å². The first-order valence-corrected chi connectivity index (χ1v) is 7.56. The average Bonchev–Trinajstić information content (AvgIpc) is 2.50. The highest BCUT2D eigenvalue weighted by atomic mass is 16.5. The second-order valence-corrected chi connectivity index (χ2v) is 5.34. The van der Waals surface area contributed by atoms with E-state index >= 15 is 0 Å². The molecule has 0 aromatic heterocycles. The first-order valence-electron chi connectivity index (χ1n) is 7.56. The fourth-order valence-electron chi connectivity index (χ4n) is 2.90. The molecule has 0 atom stereocenters. The van der Waals surface area contributed by atoms with Gasteiger partial charge in [0.2, 0.25) is 0 Å². The van der Waals surface area contributed by atoms with Gasteiger partial charge in [-0.05, 0) is 54.2 Å². The van der Waals surface area contributed by atoms with Crippen LogP contribution in [0.4, 0.5) is 5.69 Å². The number of rotatable bonds is 2. The summed E-state index contributed by atoms with van der Waals surface area (Å²) >= 11 is 0. The van der Waals surface area contributed by atoms with Crippen molar-refractivity contribution in [2.24, 2.45) is 0 Å². The molecule has 2 aromatic carbocycles. The SMILES string of the molecule is CCOC(=O)/C1=C/CCc2ccccc2-c2ccc(N)cc21. The Labute approximate surface area is 130 Å². The fourth-order valence-corrected chi connectivity index (χ4v) is 2.90. The summed E-state index contributed by atoms with van der Waals surface area (Å²) in [6.45, 7) is 2.18. The molecule has 0 aliphatic heterocycles. The van der Waals surface area contributed by atoms with Crippen molar-refractivity contribution in [3.8, 4) is 11.1 Å². The van der Waals surface area contributed by atoms with Crippen LogP contribution >= 0.6 is 0 Å². The first kappa shape index (κ1) is 14.4. The van der Waals surface area contributed by atoms with Gasteiger partial charge in [-0.15, -0.1) is 0 Å². The predicted octanol–water partition coefficient (Wildman–Crippen LogP) is 3.83. The number of benzene rings is 2. The number of hydrogen-bond donors (Lipinski definition) is 1. The maximum atomic E-state index is 12.3. The summed E-state index contributed by atoms with van der Waals surface area (Å²) in [5.74, 6) is -0.284. The van der Waals surface area contributed by atoms with Crippen LogP contribution in [0.25, 0.3) is 16.7 Å². The van der Waals surface area contributed by atoms with E-state index in [4.69, 9.17) is 10.5 Å². The van der Waals surface area contributed by atoms with E-state index in [1.54, 1.807) is 0 Å². The number of esters is 1. The molecule has 0 fully saturated rings. The van der Waals surface area contributed by atoms with E-state index in [0.29, 0.717) is 17.9 Å². The number of fused-ring (bicyclic) bond motifs is 3. The minimum absolute atomic E-state index is 0.284. The van der Waals surface area contributed by atoms with Gasteiger partial charge in [-0.1, -0.05) is 36.4 Å². The molecule has 112 valence electrons. The lowest BCUT2D eigenvalue weighted by molar-refractivity contribution is -0.136. The molecule has 0 saturated carbocycles. The van der Waals surface area contributed by atoms with Gasteiger partial charge >= 0.3 is 5.97 Å². The predicted molar refractivity (Wildman–Crippen MR) is 89.2 cm³/mol. The second-order valence-electron chi connectivity index (χ2n) is 5.34. The van der Waals surface area contributed by atoms with E-state index in [-0.39, 0.29) is 5.97 Å².